The summed E-state index contributed by atoms with van der Waals surface area (Å²) in [4.78, 5) is 36.9. The average molecular weight is 439 g/mol. The van der Waals surface area contributed by atoms with E-state index in [1.54, 1.807) is 0 Å². The fourth-order valence-corrected chi connectivity index (χ4v) is 4.18. The highest BCUT2D eigenvalue weighted by Gasteiger charge is 2.22. The third kappa shape index (κ3) is 13.5. The first kappa shape index (κ1) is 27.6. The number of nitrogens with zero attached hydrogens (tertiary/aromatic N) is 1. The zero-order chi connectivity index (χ0) is 22.9. The summed E-state index contributed by atoms with van der Waals surface area (Å²) in [7, 11) is 5.97. The number of rotatable bonds is 13. The lowest BCUT2D eigenvalue weighted by Crippen LogP contribution is -2.34. The van der Waals surface area contributed by atoms with Crippen LogP contribution in [0.15, 0.2) is 0 Å². The molecule has 0 aromatic carbocycles. The number of Topliss-reactive ketones (excluding diaryl/α,β-unsaturated/α-hetero) is 1. The molecule has 0 spiro atoms. The number of unbranched alkanes of at least 4 members (excludes halogenated alkanes) is 1. The number of nitrogens with one attached hydrogen (secondary N) is 3. The van der Waals surface area contributed by atoms with E-state index in [0.29, 0.717) is 25.3 Å². The summed E-state index contributed by atoms with van der Waals surface area (Å²) < 4.78 is 0. The third-order valence-electron chi connectivity index (χ3n) is 6.14. The molecule has 0 aromatic heterocycles. The van der Waals surface area contributed by atoms with Crippen LogP contribution in [0.5, 0.6) is 0 Å². The molecule has 0 bridgehead atoms. The molecule has 180 valence electrons. The van der Waals surface area contributed by atoms with Gasteiger partial charge in [0.2, 0.25) is 11.8 Å². The number of carbonyl (C=O) groups excluding carboxylic acids is 3. The first-order valence-electron chi connectivity index (χ1n) is 12.3. The molecule has 2 aliphatic carbocycles. The maximum atomic E-state index is 11.7. The largest absolute Gasteiger partial charge is 0.355 e. The molecule has 7 nitrogen and oxygen atoms in total. The van der Waals surface area contributed by atoms with Crippen LogP contribution in [0.4, 0.5) is 0 Å². The van der Waals surface area contributed by atoms with Crippen LogP contribution in [-0.4, -0.2) is 69.8 Å². The van der Waals surface area contributed by atoms with Crippen molar-refractivity contribution < 1.29 is 14.4 Å². The van der Waals surface area contributed by atoms with E-state index in [4.69, 9.17) is 0 Å². The number of ketones is 1. The first-order chi connectivity index (χ1) is 14.9. The molecule has 2 rings (SSSR count). The van der Waals surface area contributed by atoms with Crippen molar-refractivity contribution in [2.75, 3.05) is 47.3 Å². The molecule has 2 fully saturated rings. The van der Waals surface area contributed by atoms with Crippen LogP contribution >= 0.6 is 0 Å². The molecule has 31 heavy (non-hydrogen) atoms. The highest BCUT2D eigenvalue weighted by Crippen LogP contribution is 2.25. The molecule has 2 aliphatic rings. The van der Waals surface area contributed by atoms with Crippen LogP contribution in [0.3, 0.4) is 0 Å². The second-order valence-corrected chi connectivity index (χ2v) is 9.20. The van der Waals surface area contributed by atoms with Gasteiger partial charge in [-0.3, -0.25) is 14.4 Å². The molecule has 2 saturated carbocycles. The lowest BCUT2D eigenvalue weighted by Gasteiger charge is -2.10. The third-order valence-corrected chi connectivity index (χ3v) is 6.14. The van der Waals surface area contributed by atoms with Crippen molar-refractivity contribution in [3.8, 4) is 0 Å². The Morgan fingerprint density at radius 3 is 1.74 bits per heavy atom. The van der Waals surface area contributed by atoms with Gasteiger partial charge in [0.25, 0.3) is 0 Å². The van der Waals surface area contributed by atoms with Crippen molar-refractivity contribution in [3.63, 3.8) is 0 Å². The van der Waals surface area contributed by atoms with Gasteiger partial charge < -0.3 is 20.9 Å². The summed E-state index contributed by atoms with van der Waals surface area (Å²) in [5.41, 5.74) is 0. The van der Waals surface area contributed by atoms with Gasteiger partial charge in [-0.25, -0.2) is 0 Å². The summed E-state index contributed by atoms with van der Waals surface area (Å²) in [6.45, 7) is 3.16. The second kappa shape index (κ2) is 17.1. The molecule has 0 atom stereocenters. The van der Waals surface area contributed by atoms with Gasteiger partial charge in [-0.15, -0.1) is 0 Å². The summed E-state index contributed by atoms with van der Waals surface area (Å²) in [5, 5.41) is 8.82. The van der Waals surface area contributed by atoms with Crippen molar-refractivity contribution in [3.05, 3.63) is 0 Å². The molecule has 2 amide bonds. The number of hydrogen-bond acceptors (Lipinski definition) is 5. The SMILES string of the molecule is CN(C)CCCCC(=O)CCNC(=O)C1CCCC1.CNCCNC(=O)C1CCCC1. The van der Waals surface area contributed by atoms with E-state index in [-0.39, 0.29) is 23.5 Å². The minimum atomic E-state index is 0.151. The average Bonchev–Trinajstić information content (AvgIpc) is 3.46. The van der Waals surface area contributed by atoms with Crippen LogP contribution in [0.25, 0.3) is 0 Å². The van der Waals surface area contributed by atoms with Crippen molar-refractivity contribution >= 4 is 17.6 Å². The van der Waals surface area contributed by atoms with E-state index in [1.165, 1.54) is 25.7 Å². The van der Waals surface area contributed by atoms with Gasteiger partial charge in [0, 0.05) is 44.3 Å². The van der Waals surface area contributed by atoms with Crippen molar-refractivity contribution in [2.24, 2.45) is 11.8 Å². The highest BCUT2D eigenvalue weighted by atomic mass is 16.2. The van der Waals surface area contributed by atoms with Gasteiger partial charge in [0.05, 0.1) is 0 Å². The van der Waals surface area contributed by atoms with Crippen LogP contribution in [0.1, 0.15) is 77.0 Å². The molecule has 0 aliphatic heterocycles. The predicted molar refractivity (Wildman–Crippen MR) is 126 cm³/mol. The van der Waals surface area contributed by atoms with E-state index >= 15 is 0 Å². The van der Waals surface area contributed by atoms with Crippen LogP contribution in [-0.2, 0) is 14.4 Å². The fraction of sp³-hybridized carbons (Fsp3) is 0.875. The molecular weight excluding hydrogens is 392 g/mol. The van der Waals surface area contributed by atoms with Crippen LogP contribution in [0.2, 0.25) is 0 Å². The summed E-state index contributed by atoms with van der Waals surface area (Å²) in [5.74, 6) is 1.18. The minimum absolute atomic E-state index is 0.151. The Morgan fingerprint density at radius 2 is 1.26 bits per heavy atom. The second-order valence-electron chi connectivity index (χ2n) is 9.20. The minimum Gasteiger partial charge on any atom is -0.355 e. The Labute approximate surface area is 189 Å². The van der Waals surface area contributed by atoms with Crippen molar-refractivity contribution in [1.29, 1.82) is 0 Å². The zero-order valence-electron chi connectivity index (χ0n) is 20.1. The molecule has 7 heteroatoms. The molecule has 0 aromatic rings. The quantitative estimate of drug-likeness (QED) is 0.384. The Hall–Kier alpha value is -1.47. The van der Waals surface area contributed by atoms with Gasteiger partial charge >= 0.3 is 0 Å². The zero-order valence-corrected chi connectivity index (χ0v) is 20.1. The fourth-order valence-electron chi connectivity index (χ4n) is 4.18. The van der Waals surface area contributed by atoms with Crippen molar-refractivity contribution in [2.45, 2.75) is 77.0 Å². The maximum absolute atomic E-state index is 11.7. The summed E-state index contributed by atoms with van der Waals surface area (Å²) in [6, 6.07) is 0. The summed E-state index contributed by atoms with van der Waals surface area (Å²) >= 11 is 0. The number of hydrogen-bond donors (Lipinski definition) is 3. The van der Waals surface area contributed by atoms with Gasteiger partial charge in [0.1, 0.15) is 5.78 Å². The van der Waals surface area contributed by atoms with Crippen molar-refractivity contribution in [1.82, 2.24) is 20.9 Å². The number of carbonyl (C=O) groups is 3. The predicted octanol–water partition coefficient (Wildman–Crippen LogP) is 2.50. The van der Waals surface area contributed by atoms with E-state index in [0.717, 1.165) is 58.2 Å². The maximum Gasteiger partial charge on any atom is 0.223 e. The Morgan fingerprint density at radius 1 is 0.742 bits per heavy atom. The molecule has 0 saturated heterocycles. The Bertz CT molecular complexity index is 513. The molecule has 0 radical (unpaired) electrons. The van der Waals surface area contributed by atoms with Crippen LogP contribution < -0.4 is 16.0 Å². The van der Waals surface area contributed by atoms with E-state index < -0.39 is 0 Å². The standard InChI is InChI=1S/C15H28N2O2.C9H18N2O/c1-17(2)12-6-5-9-14(18)10-11-16-15(19)13-7-3-4-8-13;1-10-6-7-11-9(12)8-4-2-3-5-8/h13H,3-12H2,1-2H3,(H,16,19);8,10H,2-7H2,1H3,(H,11,12). The number of likely N-dealkylation sites (N-methyl/N-ethyl adjacent to an activating group) is 1. The smallest absolute Gasteiger partial charge is 0.223 e. The molecule has 0 unspecified atom stereocenters. The van der Waals surface area contributed by atoms with Gasteiger partial charge in [-0.2, -0.15) is 0 Å². The van der Waals surface area contributed by atoms with E-state index in [9.17, 15) is 14.4 Å². The van der Waals surface area contributed by atoms with Crippen LogP contribution in [0, 0.1) is 11.8 Å². The molecular formula is C24H46N4O3. The first-order valence-corrected chi connectivity index (χ1v) is 12.3. The highest BCUT2D eigenvalue weighted by molar-refractivity contribution is 5.81. The number of amides is 2. The van der Waals surface area contributed by atoms with Gasteiger partial charge in [-0.05, 0) is 66.2 Å². The lowest BCUT2D eigenvalue weighted by molar-refractivity contribution is -0.125. The van der Waals surface area contributed by atoms with E-state index in [2.05, 4.69) is 20.9 Å². The lowest BCUT2D eigenvalue weighted by atomic mass is 10.1. The van der Waals surface area contributed by atoms with Gasteiger partial charge in [0.15, 0.2) is 0 Å². The molecule has 0 heterocycles. The summed E-state index contributed by atoms with van der Waals surface area (Å²) in [6.07, 6.45) is 12.2. The van der Waals surface area contributed by atoms with Gasteiger partial charge in [-0.1, -0.05) is 25.7 Å². The normalized spacial score (nSPS) is 16.8. The topological polar surface area (TPSA) is 90.5 Å². The monoisotopic (exact) mass is 438 g/mol. The Balaban J connectivity index is 0.000000343. The molecule has 3 N–H and O–H groups in total. The Kier molecular flexibility index (Phi) is 15.2. The van der Waals surface area contributed by atoms with E-state index in [1.807, 2.05) is 21.1 Å².